The van der Waals surface area contributed by atoms with Gasteiger partial charge in [0.1, 0.15) is 0 Å². The first-order valence-corrected chi connectivity index (χ1v) is 8.77. The molecular formula is C21H16BrNO2. The number of carbonyl (C=O) groups excluding carboxylic acids is 1. The van der Waals surface area contributed by atoms with Gasteiger partial charge in [-0.15, -0.1) is 0 Å². The number of methoxy groups -OCH3 is 1. The van der Waals surface area contributed by atoms with Gasteiger partial charge < -0.3 is 10.5 Å². The maximum atomic E-state index is 12.3. The third kappa shape index (κ3) is 2.53. The summed E-state index contributed by atoms with van der Waals surface area (Å²) in [4.78, 5) is 12.3. The van der Waals surface area contributed by atoms with Crippen molar-refractivity contribution in [1.82, 2.24) is 0 Å². The topological polar surface area (TPSA) is 52.3 Å². The largest absolute Gasteiger partial charge is 0.465 e. The standard InChI is InChI=1S/C21H16BrNO2/c1-25-21(24)17-6-3-7-18(23)20(17)16-5-2-4-12-10-13-11-14(22)8-9-15(13)19(12)16/h2-9,11H,10,23H2,1H3. The molecule has 0 amide bonds. The molecular weight excluding hydrogens is 378 g/mol. The van der Waals surface area contributed by atoms with E-state index in [9.17, 15) is 4.79 Å². The maximum Gasteiger partial charge on any atom is 0.338 e. The molecule has 0 bridgehead atoms. The molecule has 1 aliphatic carbocycles. The van der Waals surface area contributed by atoms with E-state index in [1.807, 2.05) is 24.3 Å². The average molecular weight is 394 g/mol. The van der Waals surface area contributed by atoms with Crippen LogP contribution in [0.5, 0.6) is 0 Å². The van der Waals surface area contributed by atoms with Crippen LogP contribution in [0.2, 0.25) is 0 Å². The Kier molecular flexibility index (Phi) is 3.85. The first-order valence-electron chi connectivity index (χ1n) is 7.98. The van der Waals surface area contributed by atoms with Crippen molar-refractivity contribution in [2.45, 2.75) is 6.42 Å². The molecule has 0 spiro atoms. The van der Waals surface area contributed by atoms with Crippen LogP contribution >= 0.6 is 15.9 Å². The van der Waals surface area contributed by atoms with Crippen LogP contribution in [-0.4, -0.2) is 13.1 Å². The number of anilines is 1. The molecule has 0 unspecified atom stereocenters. The van der Waals surface area contributed by atoms with Crippen molar-refractivity contribution in [3.05, 3.63) is 75.8 Å². The molecule has 0 atom stereocenters. The van der Waals surface area contributed by atoms with Gasteiger partial charge in [-0.2, -0.15) is 0 Å². The Morgan fingerprint density at radius 1 is 1.00 bits per heavy atom. The second kappa shape index (κ2) is 6.05. The third-order valence-electron chi connectivity index (χ3n) is 4.64. The Labute approximate surface area is 154 Å². The Balaban J connectivity index is 2.01. The molecule has 3 nitrogen and oxygen atoms in total. The van der Waals surface area contributed by atoms with Gasteiger partial charge >= 0.3 is 5.97 Å². The number of ether oxygens (including phenoxy) is 1. The lowest BCUT2D eigenvalue weighted by Crippen LogP contribution is -2.06. The van der Waals surface area contributed by atoms with E-state index in [1.54, 1.807) is 12.1 Å². The van der Waals surface area contributed by atoms with Crippen LogP contribution in [0, 0.1) is 0 Å². The fourth-order valence-corrected chi connectivity index (χ4v) is 3.99. The van der Waals surface area contributed by atoms with Gasteiger partial charge in [-0.3, -0.25) is 0 Å². The molecule has 0 radical (unpaired) electrons. The van der Waals surface area contributed by atoms with E-state index < -0.39 is 0 Å². The van der Waals surface area contributed by atoms with Gasteiger partial charge in [0, 0.05) is 15.7 Å². The van der Waals surface area contributed by atoms with Crippen LogP contribution in [0.4, 0.5) is 5.69 Å². The van der Waals surface area contributed by atoms with Crippen molar-refractivity contribution in [3.63, 3.8) is 0 Å². The van der Waals surface area contributed by atoms with Gasteiger partial charge in [0.25, 0.3) is 0 Å². The summed E-state index contributed by atoms with van der Waals surface area (Å²) >= 11 is 3.54. The summed E-state index contributed by atoms with van der Waals surface area (Å²) in [5.74, 6) is -0.381. The van der Waals surface area contributed by atoms with Crippen LogP contribution in [0.25, 0.3) is 22.3 Å². The molecule has 0 saturated heterocycles. The molecule has 0 fully saturated rings. The van der Waals surface area contributed by atoms with E-state index in [2.05, 4.69) is 34.1 Å². The fraction of sp³-hybridized carbons (Fsp3) is 0.0952. The van der Waals surface area contributed by atoms with Crippen LogP contribution in [0.3, 0.4) is 0 Å². The van der Waals surface area contributed by atoms with Gasteiger partial charge in [0.15, 0.2) is 0 Å². The fourth-order valence-electron chi connectivity index (χ4n) is 3.58. The zero-order valence-corrected chi connectivity index (χ0v) is 15.3. The average Bonchev–Trinajstić information content (AvgIpc) is 2.98. The van der Waals surface area contributed by atoms with Crippen molar-refractivity contribution in [2.24, 2.45) is 0 Å². The predicted octanol–water partition coefficient (Wildman–Crippen LogP) is 5.06. The lowest BCUT2D eigenvalue weighted by atomic mass is 9.90. The van der Waals surface area contributed by atoms with Crippen LogP contribution in [-0.2, 0) is 11.2 Å². The minimum Gasteiger partial charge on any atom is -0.465 e. The van der Waals surface area contributed by atoms with Crippen LogP contribution in [0.15, 0.2) is 59.1 Å². The highest BCUT2D eigenvalue weighted by Gasteiger charge is 2.25. The predicted molar refractivity (Wildman–Crippen MR) is 104 cm³/mol. The number of nitrogen functional groups attached to an aromatic ring is 1. The molecule has 0 aliphatic heterocycles. The van der Waals surface area contributed by atoms with E-state index >= 15 is 0 Å². The second-order valence-electron chi connectivity index (χ2n) is 6.08. The van der Waals surface area contributed by atoms with E-state index in [4.69, 9.17) is 10.5 Å². The lowest BCUT2D eigenvalue weighted by molar-refractivity contribution is 0.0601. The van der Waals surface area contributed by atoms with Crippen LogP contribution < -0.4 is 5.73 Å². The van der Waals surface area contributed by atoms with E-state index in [1.165, 1.54) is 23.8 Å². The number of benzene rings is 3. The minimum absolute atomic E-state index is 0.381. The molecule has 3 aromatic carbocycles. The maximum absolute atomic E-state index is 12.3. The quantitative estimate of drug-likeness (QED) is 0.382. The normalized spacial score (nSPS) is 11.8. The second-order valence-corrected chi connectivity index (χ2v) is 7.00. The number of fused-ring (bicyclic) bond motifs is 3. The summed E-state index contributed by atoms with van der Waals surface area (Å²) in [7, 11) is 1.39. The third-order valence-corrected chi connectivity index (χ3v) is 5.13. The molecule has 2 N–H and O–H groups in total. The number of carbonyl (C=O) groups is 1. The van der Waals surface area contributed by atoms with Crippen LogP contribution in [0.1, 0.15) is 21.5 Å². The summed E-state index contributed by atoms with van der Waals surface area (Å²) in [5, 5.41) is 0. The van der Waals surface area contributed by atoms with Gasteiger partial charge in [0.2, 0.25) is 0 Å². The number of nitrogens with two attached hydrogens (primary N) is 1. The Morgan fingerprint density at radius 2 is 1.80 bits per heavy atom. The highest BCUT2D eigenvalue weighted by Crippen LogP contribution is 2.45. The molecule has 0 heterocycles. The van der Waals surface area contributed by atoms with Gasteiger partial charge in [0.05, 0.1) is 12.7 Å². The Morgan fingerprint density at radius 3 is 2.60 bits per heavy atom. The van der Waals surface area contributed by atoms with Crippen molar-refractivity contribution in [2.75, 3.05) is 12.8 Å². The summed E-state index contributed by atoms with van der Waals surface area (Å²) < 4.78 is 6.02. The zero-order valence-electron chi connectivity index (χ0n) is 13.7. The monoisotopic (exact) mass is 393 g/mol. The Bertz CT molecular complexity index is 1010. The Hall–Kier alpha value is -2.59. The molecule has 1 aliphatic rings. The van der Waals surface area contributed by atoms with Crippen molar-refractivity contribution >= 4 is 27.6 Å². The lowest BCUT2D eigenvalue weighted by Gasteiger charge is -2.15. The number of rotatable bonds is 2. The number of hydrogen-bond donors (Lipinski definition) is 1. The summed E-state index contributed by atoms with van der Waals surface area (Å²) in [6.07, 6.45) is 0.873. The molecule has 124 valence electrons. The minimum atomic E-state index is -0.381. The van der Waals surface area contributed by atoms with Gasteiger partial charge in [-0.1, -0.05) is 46.3 Å². The van der Waals surface area contributed by atoms with Gasteiger partial charge in [-0.05, 0) is 58.5 Å². The van der Waals surface area contributed by atoms with E-state index in [-0.39, 0.29) is 5.97 Å². The number of halogens is 1. The number of esters is 1. The van der Waals surface area contributed by atoms with Gasteiger partial charge in [-0.25, -0.2) is 4.79 Å². The smallest absolute Gasteiger partial charge is 0.338 e. The van der Waals surface area contributed by atoms with E-state index in [0.717, 1.165) is 27.6 Å². The van der Waals surface area contributed by atoms with Crippen molar-refractivity contribution < 1.29 is 9.53 Å². The summed E-state index contributed by atoms with van der Waals surface area (Å²) in [6, 6.07) is 17.8. The summed E-state index contributed by atoms with van der Waals surface area (Å²) in [6.45, 7) is 0. The molecule has 0 saturated carbocycles. The molecule has 25 heavy (non-hydrogen) atoms. The number of hydrogen-bond acceptors (Lipinski definition) is 3. The highest BCUT2D eigenvalue weighted by atomic mass is 79.9. The molecule has 0 aromatic heterocycles. The summed E-state index contributed by atoms with van der Waals surface area (Å²) in [5.41, 5.74) is 13.9. The SMILES string of the molecule is COC(=O)c1cccc(N)c1-c1cccc2c1-c1ccc(Br)cc1C2. The molecule has 3 aromatic rings. The first-order chi connectivity index (χ1) is 12.1. The van der Waals surface area contributed by atoms with Crippen molar-refractivity contribution in [3.8, 4) is 22.3 Å². The molecule has 4 rings (SSSR count). The van der Waals surface area contributed by atoms with E-state index in [0.29, 0.717) is 11.3 Å². The molecule has 4 heteroatoms. The highest BCUT2D eigenvalue weighted by molar-refractivity contribution is 9.10. The first kappa shape index (κ1) is 15.9. The zero-order chi connectivity index (χ0) is 17.6. The van der Waals surface area contributed by atoms with Crippen molar-refractivity contribution in [1.29, 1.82) is 0 Å².